The lowest BCUT2D eigenvalue weighted by Crippen LogP contribution is -2.52. The second-order valence-electron chi connectivity index (χ2n) is 9.22. The van der Waals surface area contributed by atoms with Gasteiger partial charge in [-0.1, -0.05) is 74.5 Å². The van der Waals surface area contributed by atoms with Crippen molar-refractivity contribution in [3.8, 4) is 17.2 Å². The number of nitrogens with zero attached hydrogens (tertiary/aromatic N) is 4. The van der Waals surface area contributed by atoms with Crippen molar-refractivity contribution >= 4 is 40.9 Å². The Morgan fingerprint density at radius 2 is 1.62 bits per heavy atom. The zero-order valence-corrected chi connectivity index (χ0v) is 23.5. The highest BCUT2D eigenvalue weighted by atomic mass is 35.5. The quantitative estimate of drug-likeness (QED) is 0.330. The van der Waals surface area contributed by atoms with Crippen LogP contribution in [0.5, 0.6) is 0 Å². The maximum Gasteiger partial charge on any atom is 0.331 e. The molecule has 8 nitrogen and oxygen atoms in total. The second kappa shape index (κ2) is 14.2. The fourth-order valence-electron chi connectivity index (χ4n) is 4.32. The number of amides is 5. The summed E-state index contributed by atoms with van der Waals surface area (Å²) in [5, 5.41) is 12.4. The topological polar surface area (TPSA) is 96.8 Å². The zero-order chi connectivity index (χ0) is 28.7. The van der Waals surface area contributed by atoms with E-state index in [-0.39, 0.29) is 36.6 Å². The molecule has 3 rings (SSSR count). The first-order chi connectivity index (χ1) is 18.6. The predicted octanol–water partition coefficient (Wildman–Crippen LogP) is 7.17. The fourth-order valence-corrected chi connectivity index (χ4v) is 4.52. The van der Waals surface area contributed by atoms with E-state index in [1.54, 1.807) is 21.0 Å². The van der Waals surface area contributed by atoms with Crippen molar-refractivity contribution < 1.29 is 14.4 Å². The summed E-state index contributed by atoms with van der Waals surface area (Å²) < 4.78 is 0. The Labute approximate surface area is 241 Å². The molecule has 1 unspecified atom stereocenters. The third-order valence-electron chi connectivity index (χ3n) is 6.63. The van der Waals surface area contributed by atoms with Crippen LogP contribution in [0, 0.1) is 18.3 Å². The van der Waals surface area contributed by atoms with E-state index in [1.165, 1.54) is 28.9 Å². The van der Waals surface area contributed by atoms with E-state index in [0.717, 1.165) is 16.0 Å². The molecule has 1 atom stereocenters. The third kappa shape index (κ3) is 6.99. The number of halogens is 1. The number of nitriles is 1. The Morgan fingerprint density at radius 3 is 2.23 bits per heavy atom. The van der Waals surface area contributed by atoms with Crippen LogP contribution in [-0.2, 0) is 4.79 Å². The van der Waals surface area contributed by atoms with Crippen LogP contribution in [0.1, 0.15) is 38.8 Å². The molecule has 0 aliphatic carbocycles. The highest BCUT2D eigenvalue weighted by Gasteiger charge is 2.30. The minimum absolute atomic E-state index is 0. The van der Waals surface area contributed by atoms with Gasteiger partial charge >= 0.3 is 12.1 Å². The number of urea groups is 2. The van der Waals surface area contributed by atoms with E-state index in [0.29, 0.717) is 23.4 Å². The summed E-state index contributed by atoms with van der Waals surface area (Å²) in [6.45, 7) is 5.09. The summed E-state index contributed by atoms with van der Waals surface area (Å²) in [5.74, 6) is -0.491. The number of nitrogens with one attached hydrogen (secondary N) is 1. The highest BCUT2D eigenvalue weighted by molar-refractivity contribution is 6.33. The van der Waals surface area contributed by atoms with Gasteiger partial charge in [-0.15, -0.1) is 0 Å². The summed E-state index contributed by atoms with van der Waals surface area (Å²) in [7, 11) is 3.26. The molecule has 0 fully saturated rings. The number of hydrogen-bond acceptors (Lipinski definition) is 4. The maximum absolute atomic E-state index is 13.6. The first kappa shape index (κ1) is 31.9. The summed E-state index contributed by atoms with van der Waals surface area (Å²) in [4.78, 5) is 43.3. The van der Waals surface area contributed by atoms with Crippen LogP contribution in [0.3, 0.4) is 0 Å². The number of likely N-dealkylation sites (N-methyl/N-ethyl adjacent to an activating group) is 2. The molecule has 0 aliphatic heterocycles. The van der Waals surface area contributed by atoms with Gasteiger partial charge in [-0.2, -0.15) is 5.26 Å². The Balaban J connectivity index is 0.00000560. The Bertz CT molecular complexity index is 1400. The van der Waals surface area contributed by atoms with Gasteiger partial charge in [0.1, 0.15) is 6.07 Å². The molecule has 210 valence electrons. The fraction of sp³-hybridized carbons (Fsp3) is 0.290. The predicted molar refractivity (Wildman–Crippen MR) is 162 cm³/mol. The van der Waals surface area contributed by atoms with E-state index in [2.05, 4.69) is 5.32 Å². The minimum Gasteiger partial charge on any atom is -0.326 e. The third-order valence-corrected chi connectivity index (χ3v) is 7.12. The van der Waals surface area contributed by atoms with Gasteiger partial charge in [-0.3, -0.25) is 4.79 Å². The lowest BCUT2D eigenvalue weighted by atomic mass is 10.0. The molecule has 1 N–H and O–H groups in total. The van der Waals surface area contributed by atoms with Crippen molar-refractivity contribution in [1.82, 2.24) is 9.80 Å². The van der Waals surface area contributed by atoms with Gasteiger partial charge in [0, 0.05) is 33.1 Å². The number of anilines is 2. The van der Waals surface area contributed by atoms with Crippen LogP contribution < -0.4 is 10.2 Å². The number of imide groups is 1. The average Bonchev–Trinajstić information content (AvgIpc) is 2.94. The monoisotopic (exact) mass is 561 g/mol. The smallest absolute Gasteiger partial charge is 0.326 e. The molecule has 3 aromatic rings. The summed E-state index contributed by atoms with van der Waals surface area (Å²) in [5.41, 5.74) is 3.57. The molecule has 0 bridgehead atoms. The van der Waals surface area contributed by atoms with E-state index in [4.69, 9.17) is 11.6 Å². The van der Waals surface area contributed by atoms with Gasteiger partial charge < -0.3 is 15.1 Å². The molecule has 0 saturated heterocycles. The van der Waals surface area contributed by atoms with Crippen molar-refractivity contribution in [3.05, 3.63) is 82.9 Å². The Kier molecular flexibility index (Phi) is 11.3. The van der Waals surface area contributed by atoms with E-state index >= 15 is 0 Å². The zero-order valence-electron chi connectivity index (χ0n) is 22.7. The van der Waals surface area contributed by atoms with E-state index in [1.807, 2.05) is 67.6 Å². The maximum atomic E-state index is 13.6. The summed E-state index contributed by atoms with van der Waals surface area (Å²) >= 11 is 6.31. The van der Waals surface area contributed by atoms with Gasteiger partial charge in [0.2, 0.25) is 5.91 Å². The normalized spacial score (nSPS) is 10.9. The van der Waals surface area contributed by atoms with Gasteiger partial charge in [0.25, 0.3) is 0 Å². The van der Waals surface area contributed by atoms with E-state index in [9.17, 15) is 19.6 Å². The van der Waals surface area contributed by atoms with Crippen LogP contribution in [-0.4, -0.2) is 54.5 Å². The van der Waals surface area contributed by atoms with Gasteiger partial charge in [-0.05, 0) is 42.7 Å². The standard InChI is InChI=1S/C30H32ClN5O3.CH4/c1-6-24(35(5)30(39)36(21(3)37)27-17-16-23(18-32)28(31)20(27)2)19-34(4)29(38)33-26-15-11-10-14-25(26)22-12-8-7-9-13-22;/h7-17,24H,6,19H2,1-5H3,(H,33,38);1H4. The second-order valence-corrected chi connectivity index (χ2v) is 9.59. The highest BCUT2D eigenvalue weighted by Crippen LogP contribution is 2.31. The lowest BCUT2D eigenvalue weighted by molar-refractivity contribution is -0.116. The lowest BCUT2D eigenvalue weighted by Gasteiger charge is -2.34. The minimum atomic E-state index is -0.554. The van der Waals surface area contributed by atoms with Crippen LogP contribution >= 0.6 is 11.6 Å². The van der Waals surface area contributed by atoms with Crippen LogP contribution in [0.4, 0.5) is 21.0 Å². The molecule has 0 aliphatic rings. The molecule has 0 heterocycles. The molecule has 3 aromatic carbocycles. The largest absolute Gasteiger partial charge is 0.331 e. The first-order valence-corrected chi connectivity index (χ1v) is 12.9. The number of benzene rings is 3. The SMILES string of the molecule is C.CCC(CN(C)C(=O)Nc1ccccc1-c1ccccc1)N(C)C(=O)N(C(C)=O)c1ccc(C#N)c(Cl)c1C. The number of carbonyl (C=O) groups excluding carboxylic acids is 3. The molecule has 40 heavy (non-hydrogen) atoms. The molecule has 0 spiro atoms. The van der Waals surface area contributed by atoms with E-state index < -0.39 is 11.9 Å². The van der Waals surface area contributed by atoms with Gasteiger partial charge in [0.05, 0.1) is 28.0 Å². The Hall–Kier alpha value is -4.35. The van der Waals surface area contributed by atoms with Crippen molar-refractivity contribution in [2.75, 3.05) is 30.9 Å². The molecule has 0 saturated carbocycles. The number of para-hydroxylation sites is 1. The molecular weight excluding hydrogens is 526 g/mol. The average molecular weight is 562 g/mol. The number of carbonyl (C=O) groups is 3. The summed E-state index contributed by atoms with van der Waals surface area (Å²) in [6.07, 6.45) is 0.541. The van der Waals surface area contributed by atoms with Gasteiger partial charge in [0.15, 0.2) is 0 Å². The molecule has 0 aromatic heterocycles. The van der Waals surface area contributed by atoms with Crippen LogP contribution in [0.2, 0.25) is 5.02 Å². The Morgan fingerprint density at radius 1 is 1.00 bits per heavy atom. The molecular formula is C31H36ClN5O3. The van der Waals surface area contributed by atoms with Crippen LogP contribution in [0.15, 0.2) is 66.7 Å². The summed E-state index contributed by atoms with van der Waals surface area (Å²) in [6, 6.07) is 21.1. The van der Waals surface area contributed by atoms with Crippen molar-refractivity contribution in [1.29, 1.82) is 5.26 Å². The molecule has 5 amide bonds. The van der Waals surface area contributed by atoms with Crippen molar-refractivity contribution in [2.45, 2.75) is 40.7 Å². The van der Waals surface area contributed by atoms with Gasteiger partial charge in [-0.25, -0.2) is 14.5 Å². The number of hydrogen-bond donors (Lipinski definition) is 1. The van der Waals surface area contributed by atoms with Crippen molar-refractivity contribution in [3.63, 3.8) is 0 Å². The van der Waals surface area contributed by atoms with Crippen LogP contribution in [0.25, 0.3) is 11.1 Å². The van der Waals surface area contributed by atoms with Crippen molar-refractivity contribution in [2.24, 2.45) is 0 Å². The number of rotatable bonds is 7. The molecule has 0 radical (unpaired) electrons. The molecule has 9 heteroatoms. The first-order valence-electron chi connectivity index (χ1n) is 12.5.